The van der Waals surface area contributed by atoms with Crippen molar-refractivity contribution >= 4 is 74.2 Å². The summed E-state index contributed by atoms with van der Waals surface area (Å²) >= 11 is 3.55. The molecule has 38 heavy (non-hydrogen) atoms. The Kier molecular flexibility index (Phi) is 8.53. The fraction of sp³-hybridized carbons (Fsp3) is 0.250. The number of halogens is 1. The number of carboxylic acid groups (broad SMARTS) is 1. The number of carboxylic acids is 1. The Morgan fingerprint density at radius 3 is 2.87 bits per heavy atom. The molecule has 2 aliphatic rings. The number of carbonyl (C=O) groups excluding carboxylic acids is 3. The molecule has 3 N–H and O–H groups in total. The number of nitrogens with one attached hydrogen (secondary N) is 1. The number of imidazole rings is 1. The van der Waals surface area contributed by atoms with Crippen LogP contribution < -0.4 is 45.7 Å². The van der Waals surface area contributed by atoms with Gasteiger partial charge in [0.05, 0.1) is 17.9 Å². The minimum atomic E-state index is -1.51. The van der Waals surface area contributed by atoms with Gasteiger partial charge in [-0.15, -0.1) is 23.1 Å². The summed E-state index contributed by atoms with van der Waals surface area (Å²) < 4.78 is 18.3. The van der Waals surface area contributed by atoms with E-state index in [-0.39, 0.29) is 52.0 Å². The third-order valence-corrected chi connectivity index (χ3v) is 8.53. The van der Waals surface area contributed by atoms with E-state index in [4.69, 9.17) is 5.73 Å². The van der Waals surface area contributed by atoms with Crippen molar-refractivity contribution in [3.63, 3.8) is 0 Å². The van der Waals surface area contributed by atoms with Crippen molar-refractivity contribution in [3.05, 3.63) is 46.3 Å². The van der Waals surface area contributed by atoms with Gasteiger partial charge in [0.15, 0.2) is 5.13 Å². The molecule has 0 unspecified atom stereocenters. The van der Waals surface area contributed by atoms with Crippen molar-refractivity contribution in [2.45, 2.75) is 18.3 Å². The fourth-order valence-corrected chi connectivity index (χ4v) is 6.58. The molecular formula is C20H16FN8NaO5S3. The number of aromatic nitrogens is 4. The van der Waals surface area contributed by atoms with Crippen LogP contribution in [0.25, 0.3) is 10.9 Å². The summed E-state index contributed by atoms with van der Waals surface area (Å²) in [7, 11) is 0. The van der Waals surface area contributed by atoms with Crippen LogP contribution in [0.3, 0.4) is 0 Å². The summed E-state index contributed by atoms with van der Waals surface area (Å²) in [4.78, 5) is 53.0. The first-order chi connectivity index (χ1) is 17.8. The van der Waals surface area contributed by atoms with Gasteiger partial charge in [0.1, 0.15) is 22.6 Å². The number of aryl methyl sites for hydroxylation is 1. The molecule has 0 aliphatic carbocycles. The Balaban J connectivity index is 0.00000336. The molecule has 0 radical (unpaired) electrons. The third-order valence-electron chi connectivity index (χ3n) is 5.52. The molecule has 0 bridgehead atoms. The van der Waals surface area contributed by atoms with Crippen LogP contribution >= 0.6 is 34.6 Å². The van der Waals surface area contributed by atoms with Gasteiger partial charge in [-0.2, -0.15) is 9.36 Å². The van der Waals surface area contributed by atoms with Crippen molar-refractivity contribution in [3.8, 4) is 0 Å². The molecule has 5 heterocycles. The topological polar surface area (TPSA) is 180 Å². The Bertz CT molecular complexity index is 1510. The van der Waals surface area contributed by atoms with Crippen molar-refractivity contribution in [2.75, 3.05) is 18.3 Å². The number of carbonyl (C=O) groups is 3. The first-order valence-electron chi connectivity index (χ1n) is 10.4. The molecule has 2 atom stereocenters. The van der Waals surface area contributed by atoms with Crippen LogP contribution in [0.1, 0.15) is 16.4 Å². The number of β-lactam (4-membered cyclic amide) rings is 1. The number of rotatable bonds is 8. The molecule has 3 aromatic rings. The van der Waals surface area contributed by atoms with Crippen molar-refractivity contribution in [1.29, 1.82) is 0 Å². The van der Waals surface area contributed by atoms with E-state index >= 15 is 0 Å². The molecule has 2 amide bonds. The predicted octanol–water partition coefficient (Wildman–Crippen LogP) is -3.09. The molecule has 0 aromatic carbocycles. The number of amides is 2. The second kappa shape index (κ2) is 11.5. The minimum absolute atomic E-state index is 0. The van der Waals surface area contributed by atoms with Crippen LogP contribution in [-0.4, -0.2) is 71.2 Å². The van der Waals surface area contributed by atoms with Crippen LogP contribution in [-0.2, 0) is 19.2 Å². The number of hydrogen-bond donors (Lipinski definition) is 2. The Labute approximate surface area is 248 Å². The number of alkyl halides is 1. The van der Waals surface area contributed by atoms with Gasteiger partial charge in [0.25, 0.3) is 18.7 Å². The molecule has 13 nitrogen and oxygen atoms in total. The summed E-state index contributed by atoms with van der Waals surface area (Å²) in [6.45, 7) is 0.613. The summed E-state index contributed by atoms with van der Waals surface area (Å²) in [5.74, 6) is -3.02. The van der Waals surface area contributed by atoms with Crippen molar-refractivity contribution in [1.82, 2.24) is 29.0 Å². The molecular weight excluding hydrogens is 570 g/mol. The zero-order chi connectivity index (χ0) is 26.3. The van der Waals surface area contributed by atoms with Crippen LogP contribution in [0.4, 0.5) is 9.52 Å². The molecule has 2 aliphatic heterocycles. The van der Waals surface area contributed by atoms with E-state index in [0.717, 1.165) is 31.8 Å². The van der Waals surface area contributed by atoms with Gasteiger partial charge >= 0.3 is 29.6 Å². The second-order valence-electron chi connectivity index (χ2n) is 7.64. The van der Waals surface area contributed by atoms with Gasteiger partial charge in [-0.05, 0) is 18.6 Å². The number of anilines is 1. The van der Waals surface area contributed by atoms with E-state index in [9.17, 15) is 23.9 Å². The monoisotopic (exact) mass is 586 g/mol. The Morgan fingerprint density at radius 2 is 2.21 bits per heavy atom. The molecule has 0 saturated carbocycles. The van der Waals surface area contributed by atoms with Crippen LogP contribution in [0.2, 0.25) is 0 Å². The minimum Gasteiger partial charge on any atom is -0.543 e. The second-order valence-corrected chi connectivity index (χ2v) is 10.6. The van der Waals surface area contributed by atoms with E-state index in [1.165, 1.54) is 23.1 Å². The predicted molar refractivity (Wildman–Crippen MR) is 132 cm³/mol. The maximum absolute atomic E-state index is 12.9. The van der Waals surface area contributed by atoms with Crippen LogP contribution in [0, 0.1) is 6.92 Å². The average Bonchev–Trinajstić information content (AvgIpc) is 3.59. The number of oxime groups is 1. The van der Waals surface area contributed by atoms with Gasteiger partial charge in [-0.1, -0.05) is 11.2 Å². The first kappa shape index (κ1) is 28.2. The number of nitrogens with zero attached hydrogens (tertiary/aromatic N) is 6. The molecule has 18 heteroatoms. The standard InChI is InChI=1S/C20H17FN8O5S3.Na/c1-8-10(36-11-4-23-7-28(8)11)3-2-9-5-35-18-13(17(31)29(18)14(9)19(32)33)24-16(30)12(26-34-6-21)15-25-20(22)37-27-15;/h2-4,7,13,18H,5-6H2,1H3,(H,24,30)(H,32,33)(H2,22,25,27);/q;+1/p-1/b3-2?,26-12-;/t13-,18-;/m1./s1. The Morgan fingerprint density at radius 1 is 1.42 bits per heavy atom. The molecule has 192 valence electrons. The van der Waals surface area contributed by atoms with Crippen molar-refractivity contribution < 1.29 is 58.3 Å². The van der Waals surface area contributed by atoms with Gasteiger partial charge < -0.3 is 25.8 Å². The number of allylic oxidation sites excluding steroid dienone is 1. The zero-order valence-electron chi connectivity index (χ0n) is 19.8. The molecule has 1 fully saturated rings. The summed E-state index contributed by atoms with van der Waals surface area (Å²) in [5, 5.41) is 17.2. The summed E-state index contributed by atoms with van der Waals surface area (Å²) in [5.41, 5.74) is 6.14. The van der Waals surface area contributed by atoms with Gasteiger partial charge in [0.2, 0.25) is 11.5 Å². The number of nitrogen functional groups attached to an aromatic ring is 1. The van der Waals surface area contributed by atoms with E-state index < -0.39 is 41.8 Å². The van der Waals surface area contributed by atoms with Gasteiger partial charge in [0, 0.05) is 27.9 Å². The maximum atomic E-state index is 12.9. The quantitative estimate of drug-likeness (QED) is 0.119. The van der Waals surface area contributed by atoms with Gasteiger partial charge in [-0.25, -0.2) is 9.37 Å². The molecule has 0 spiro atoms. The molecule has 5 rings (SSSR count). The smallest absolute Gasteiger partial charge is 0.543 e. The fourth-order valence-electron chi connectivity index (χ4n) is 3.82. The average molecular weight is 587 g/mol. The Hall–Kier alpha value is -2.83. The summed E-state index contributed by atoms with van der Waals surface area (Å²) in [6, 6.07) is -1.07. The van der Waals surface area contributed by atoms with E-state index in [1.54, 1.807) is 24.7 Å². The SMILES string of the molecule is Cc1c(C=CC2=C(C(=O)[O-])N3C(=O)[C@@H](NC(=O)/C(=N\OCF)c4nsc(N)n4)[C@H]3SC2)sc2cncn12.[Na+]. The molecule has 1 saturated heterocycles. The number of hydrogen-bond acceptors (Lipinski definition) is 13. The summed E-state index contributed by atoms with van der Waals surface area (Å²) in [6.07, 6.45) is 6.86. The van der Waals surface area contributed by atoms with Crippen LogP contribution in [0.5, 0.6) is 0 Å². The zero-order valence-corrected chi connectivity index (χ0v) is 24.2. The number of thiazole rings is 1. The van der Waals surface area contributed by atoms with Crippen LogP contribution in [0.15, 0.2) is 35.0 Å². The largest absolute Gasteiger partial charge is 1.00 e. The number of fused-ring (bicyclic) bond motifs is 2. The normalized spacial score (nSPS) is 19.4. The first-order valence-corrected chi connectivity index (χ1v) is 13.1. The number of thioether (sulfide) groups is 1. The maximum Gasteiger partial charge on any atom is 1.00 e. The van der Waals surface area contributed by atoms with E-state index in [2.05, 4.69) is 29.7 Å². The van der Waals surface area contributed by atoms with E-state index in [1.807, 2.05) is 11.3 Å². The van der Waals surface area contributed by atoms with E-state index in [0.29, 0.717) is 5.57 Å². The van der Waals surface area contributed by atoms with Gasteiger partial charge in [-0.3, -0.25) is 18.9 Å². The molecule has 3 aromatic heterocycles. The third kappa shape index (κ3) is 5.08. The number of aliphatic carboxylic acids is 1. The van der Waals surface area contributed by atoms with Crippen molar-refractivity contribution in [2.24, 2.45) is 5.16 Å². The number of nitrogens with two attached hydrogens (primary N) is 1.